The normalized spacial score (nSPS) is 14.6. The van der Waals surface area contributed by atoms with Crippen LogP contribution in [0.1, 0.15) is 28.3 Å². The van der Waals surface area contributed by atoms with E-state index in [1.807, 2.05) is 19.1 Å². The van der Waals surface area contributed by atoms with Crippen molar-refractivity contribution >= 4 is 0 Å². The van der Waals surface area contributed by atoms with Gasteiger partial charge in [-0.2, -0.15) is 5.26 Å². The molecular weight excluding hydrogens is 436 g/mol. The molecule has 4 rings (SSSR count). The number of nitrogens with zero attached hydrogens (tertiary/aromatic N) is 3. The Balaban J connectivity index is 2.00. The molecule has 1 aliphatic heterocycles. The fraction of sp³-hybridized carbons (Fsp3) is 0.240. The van der Waals surface area contributed by atoms with Crippen molar-refractivity contribution < 1.29 is 18.9 Å². The van der Waals surface area contributed by atoms with Gasteiger partial charge >= 0.3 is 0 Å². The van der Waals surface area contributed by atoms with E-state index in [0.29, 0.717) is 40.8 Å². The van der Waals surface area contributed by atoms with Crippen molar-refractivity contribution in [1.82, 2.24) is 9.55 Å². The first-order chi connectivity index (χ1) is 16.4. The Morgan fingerprint density at radius 1 is 1.18 bits per heavy atom. The summed E-state index contributed by atoms with van der Waals surface area (Å²) in [5.74, 6) is 0.512. The number of aryl methyl sites for hydroxylation is 1. The minimum atomic E-state index is -0.836. The van der Waals surface area contributed by atoms with Crippen molar-refractivity contribution in [2.45, 2.75) is 19.4 Å². The lowest BCUT2D eigenvalue weighted by Gasteiger charge is -2.29. The van der Waals surface area contributed by atoms with Crippen LogP contribution in [0.15, 0.2) is 59.0 Å². The van der Waals surface area contributed by atoms with Crippen molar-refractivity contribution in [3.63, 3.8) is 0 Å². The smallest absolute Gasteiger partial charge is 0.259 e. The third-order valence-corrected chi connectivity index (χ3v) is 5.80. The third kappa shape index (κ3) is 3.69. The van der Waals surface area contributed by atoms with Crippen molar-refractivity contribution in [1.29, 1.82) is 5.26 Å². The molecule has 1 aromatic carbocycles. The largest absolute Gasteiger partial charge is 0.493 e. The summed E-state index contributed by atoms with van der Waals surface area (Å²) in [6.45, 7) is 2.12. The Kier molecular flexibility index (Phi) is 6.15. The fourth-order valence-electron chi connectivity index (χ4n) is 4.22. The SMILES string of the molecule is COc1ccc([C@@H]2C(C#N)=C(N)Oc3cc(C)n(Cc4cccnc4)c(=O)c32)c(OC)c1OC. The zero-order chi connectivity index (χ0) is 24.4. The number of pyridine rings is 2. The topological polar surface area (TPSA) is 122 Å². The Hall–Kier alpha value is -4.45. The molecule has 0 amide bonds. The maximum Gasteiger partial charge on any atom is 0.259 e. The number of hydrogen-bond donors (Lipinski definition) is 1. The number of nitrogens with two attached hydrogens (primary N) is 1. The number of allylic oxidation sites excluding steroid dienone is 1. The van der Waals surface area contributed by atoms with Gasteiger partial charge in [0.2, 0.25) is 11.6 Å². The molecule has 3 heterocycles. The van der Waals surface area contributed by atoms with Gasteiger partial charge in [0.15, 0.2) is 11.5 Å². The standard InChI is InChI=1S/C25H24N4O5/c1-14-10-19-21(25(30)29(14)13-15-6-5-9-28-12-15)20(17(11-26)24(27)34-19)16-7-8-18(31-2)23(33-4)22(16)32-3/h5-10,12,20H,13,27H2,1-4H3/t20-/m1/s1. The highest BCUT2D eigenvalue weighted by Crippen LogP contribution is 2.48. The van der Waals surface area contributed by atoms with Crippen LogP contribution in [0, 0.1) is 18.3 Å². The lowest BCUT2D eigenvalue weighted by molar-refractivity contribution is 0.321. The van der Waals surface area contributed by atoms with Crippen LogP contribution in [0.4, 0.5) is 0 Å². The molecule has 3 aromatic rings. The first kappa shape index (κ1) is 22.7. The minimum absolute atomic E-state index is 0.0688. The van der Waals surface area contributed by atoms with Crippen LogP contribution in [0.2, 0.25) is 0 Å². The summed E-state index contributed by atoms with van der Waals surface area (Å²) in [5, 5.41) is 9.98. The van der Waals surface area contributed by atoms with Gasteiger partial charge in [-0.25, -0.2) is 0 Å². The summed E-state index contributed by atoms with van der Waals surface area (Å²) >= 11 is 0. The third-order valence-electron chi connectivity index (χ3n) is 5.80. The van der Waals surface area contributed by atoms with E-state index in [4.69, 9.17) is 24.7 Å². The van der Waals surface area contributed by atoms with E-state index in [0.717, 1.165) is 5.56 Å². The predicted octanol–water partition coefficient (Wildman–Crippen LogP) is 2.84. The molecule has 0 spiro atoms. The molecule has 0 saturated heterocycles. The van der Waals surface area contributed by atoms with Crippen LogP contribution >= 0.6 is 0 Å². The average molecular weight is 460 g/mol. The number of hydrogen-bond acceptors (Lipinski definition) is 8. The van der Waals surface area contributed by atoms with Crippen LogP contribution in [-0.2, 0) is 6.54 Å². The Morgan fingerprint density at radius 3 is 2.56 bits per heavy atom. The summed E-state index contributed by atoms with van der Waals surface area (Å²) in [4.78, 5) is 18.0. The van der Waals surface area contributed by atoms with Gasteiger partial charge in [-0.1, -0.05) is 12.1 Å². The number of rotatable bonds is 6. The first-order valence-electron chi connectivity index (χ1n) is 10.4. The quantitative estimate of drug-likeness (QED) is 0.596. The lowest BCUT2D eigenvalue weighted by Crippen LogP contribution is -2.33. The van der Waals surface area contributed by atoms with Crippen LogP contribution in [0.25, 0.3) is 0 Å². The van der Waals surface area contributed by atoms with Gasteiger partial charge in [0, 0.05) is 29.7 Å². The first-order valence-corrected chi connectivity index (χ1v) is 10.4. The van der Waals surface area contributed by atoms with Crippen molar-refractivity contribution in [2.24, 2.45) is 5.73 Å². The second-order valence-corrected chi connectivity index (χ2v) is 7.66. The van der Waals surface area contributed by atoms with Gasteiger partial charge in [-0.05, 0) is 24.6 Å². The molecule has 1 aliphatic rings. The molecule has 1 atom stereocenters. The van der Waals surface area contributed by atoms with Gasteiger partial charge in [0.1, 0.15) is 17.4 Å². The number of methoxy groups -OCH3 is 3. The zero-order valence-electron chi connectivity index (χ0n) is 19.3. The average Bonchev–Trinajstić information content (AvgIpc) is 2.85. The molecule has 34 heavy (non-hydrogen) atoms. The van der Waals surface area contributed by atoms with Crippen molar-refractivity contribution in [3.05, 3.63) is 86.9 Å². The Labute approximate surface area is 196 Å². The molecule has 9 nitrogen and oxygen atoms in total. The molecule has 0 bridgehead atoms. The molecule has 2 aromatic heterocycles. The van der Waals surface area contributed by atoms with E-state index < -0.39 is 5.92 Å². The van der Waals surface area contributed by atoms with Gasteiger partial charge in [0.25, 0.3) is 5.56 Å². The van der Waals surface area contributed by atoms with E-state index in [1.165, 1.54) is 21.3 Å². The maximum atomic E-state index is 13.9. The molecule has 0 aliphatic carbocycles. The number of fused-ring (bicyclic) bond motifs is 1. The Bertz CT molecular complexity index is 1370. The highest BCUT2D eigenvalue weighted by Gasteiger charge is 2.37. The molecule has 0 saturated carbocycles. The van der Waals surface area contributed by atoms with E-state index in [1.54, 1.807) is 35.2 Å². The molecule has 174 valence electrons. The molecule has 0 unspecified atom stereocenters. The van der Waals surface area contributed by atoms with E-state index in [2.05, 4.69) is 11.1 Å². The van der Waals surface area contributed by atoms with Gasteiger partial charge in [-0.3, -0.25) is 9.78 Å². The summed E-state index contributed by atoms with van der Waals surface area (Å²) in [6.07, 6.45) is 3.38. The van der Waals surface area contributed by atoms with Crippen LogP contribution in [0.5, 0.6) is 23.0 Å². The maximum absolute atomic E-state index is 13.9. The molecule has 2 N–H and O–H groups in total. The van der Waals surface area contributed by atoms with Gasteiger partial charge in [0.05, 0.1) is 39.4 Å². The molecule has 0 fully saturated rings. The summed E-state index contributed by atoms with van der Waals surface area (Å²) in [6, 6.07) is 11.0. The minimum Gasteiger partial charge on any atom is -0.493 e. The highest BCUT2D eigenvalue weighted by atomic mass is 16.5. The Morgan fingerprint density at radius 2 is 1.94 bits per heavy atom. The number of ether oxygens (including phenoxy) is 4. The van der Waals surface area contributed by atoms with Gasteiger partial charge < -0.3 is 29.2 Å². The number of nitriles is 1. The van der Waals surface area contributed by atoms with Crippen LogP contribution in [-0.4, -0.2) is 30.9 Å². The summed E-state index contributed by atoms with van der Waals surface area (Å²) in [5.41, 5.74) is 8.28. The molecular formula is C25H24N4O5. The van der Waals surface area contributed by atoms with Crippen molar-refractivity contribution in [2.75, 3.05) is 21.3 Å². The van der Waals surface area contributed by atoms with Crippen molar-refractivity contribution in [3.8, 4) is 29.1 Å². The number of benzene rings is 1. The zero-order valence-corrected chi connectivity index (χ0v) is 19.3. The summed E-state index contributed by atoms with van der Waals surface area (Å²) < 4.78 is 23.9. The monoisotopic (exact) mass is 460 g/mol. The molecule has 0 radical (unpaired) electrons. The predicted molar refractivity (Wildman–Crippen MR) is 124 cm³/mol. The fourth-order valence-corrected chi connectivity index (χ4v) is 4.22. The van der Waals surface area contributed by atoms with E-state index >= 15 is 0 Å². The van der Waals surface area contributed by atoms with Gasteiger partial charge in [-0.15, -0.1) is 0 Å². The van der Waals surface area contributed by atoms with E-state index in [9.17, 15) is 10.1 Å². The molecule has 9 heteroatoms. The highest BCUT2D eigenvalue weighted by molar-refractivity contribution is 5.64. The second kappa shape index (κ2) is 9.19. The lowest BCUT2D eigenvalue weighted by atomic mass is 9.83. The summed E-state index contributed by atoms with van der Waals surface area (Å²) in [7, 11) is 4.48. The van der Waals surface area contributed by atoms with Crippen LogP contribution < -0.4 is 30.2 Å². The van der Waals surface area contributed by atoms with Crippen LogP contribution in [0.3, 0.4) is 0 Å². The number of aromatic nitrogens is 2. The van der Waals surface area contributed by atoms with E-state index in [-0.39, 0.29) is 22.6 Å². The second-order valence-electron chi connectivity index (χ2n) is 7.66.